The smallest absolute Gasteiger partial charge is 0.242 e. The lowest BCUT2D eigenvalue weighted by Gasteiger charge is -2.30. The maximum absolute atomic E-state index is 13.4. The zero-order valence-corrected chi connectivity index (χ0v) is 24.8. The van der Waals surface area contributed by atoms with Crippen molar-refractivity contribution in [1.82, 2.24) is 10.2 Å². The second-order valence-corrected chi connectivity index (χ2v) is 12.5. The monoisotopic (exact) mass is 589 g/mol. The molecule has 0 saturated heterocycles. The summed E-state index contributed by atoms with van der Waals surface area (Å²) in [6.45, 7) is 7.93. The van der Waals surface area contributed by atoms with Gasteiger partial charge in [0.1, 0.15) is 6.04 Å². The maximum Gasteiger partial charge on any atom is 0.242 e. The number of carbonyl (C=O) groups excluding carboxylic acids is 2. The molecule has 0 spiro atoms. The van der Waals surface area contributed by atoms with Crippen LogP contribution in [0.3, 0.4) is 0 Å². The predicted octanol–water partition coefficient (Wildman–Crippen LogP) is 5.69. The predicted molar refractivity (Wildman–Crippen MR) is 152 cm³/mol. The van der Waals surface area contributed by atoms with E-state index in [1.54, 1.807) is 50.2 Å². The molecule has 0 aliphatic heterocycles. The lowest BCUT2D eigenvalue weighted by molar-refractivity contribution is -0.140. The molecule has 0 aliphatic rings. The molecule has 1 atom stereocenters. The molecule has 0 saturated carbocycles. The Kier molecular flexibility index (Phi) is 11.6. The first-order valence-electron chi connectivity index (χ1n) is 12.0. The van der Waals surface area contributed by atoms with Crippen LogP contribution in [0, 0.1) is 12.8 Å². The van der Waals surface area contributed by atoms with Crippen molar-refractivity contribution in [3.8, 4) is 0 Å². The number of benzene rings is 2. The van der Waals surface area contributed by atoms with Crippen molar-refractivity contribution < 1.29 is 18.0 Å². The first-order chi connectivity index (χ1) is 17.2. The highest BCUT2D eigenvalue weighted by Gasteiger charge is 2.28. The lowest BCUT2D eigenvalue weighted by atomic mass is 10.1. The summed E-state index contributed by atoms with van der Waals surface area (Å²) in [5, 5.41) is 4.09. The molecule has 1 N–H and O–H groups in total. The fourth-order valence-electron chi connectivity index (χ4n) is 3.74. The van der Waals surface area contributed by atoms with Crippen LogP contribution in [-0.4, -0.2) is 50.5 Å². The number of anilines is 1. The van der Waals surface area contributed by atoms with Crippen molar-refractivity contribution in [3.63, 3.8) is 0 Å². The highest BCUT2D eigenvalue weighted by molar-refractivity contribution is 7.92. The second-order valence-electron chi connectivity index (χ2n) is 9.36. The number of halogens is 3. The molecular weight excluding hydrogens is 557 g/mol. The number of nitrogens with zero attached hydrogens (tertiary/aromatic N) is 2. The van der Waals surface area contributed by atoms with Gasteiger partial charge in [0.2, 0.25) is 21.8 Å². The van der Waals surface area contributed by atoms with Gasteiger partial charge in [0.05, 0.1) is 11.9 Å². The highest BCUT2D eigenvalue weighted by atomic mass is 35.5. The van der Waals surface area contributed by atoms with E-state index in [4.69, 9.17) is 34.8 Å². The number of hydrogen-bond acceptors (Lipinski definition) is 4. The molecule has 2 amide bonds. The molecule has 2 rings (SSSR count). The summed E-state index contributed by atoms with van der Waals surface area (Å²) >= 11 is 18.9. The highest BCUT2D eigenvalue weighted by Crippen LogP contribution is 2.29. The summed E-state index contributed by atoms with van der Waals surface area (Å²) in [4.78, 5) is 27.7. The second kappa shape index (κ2) is 13.7. The number of sulfonamides is 1. The van der Waals surface area contributed by atoms with E-state index in [9.17, 15) is 18.0 Å². The third-order valence-electron chi connectivity index (χ3n) is 5.90. The summed E-state index contributed by atoms with van der Waals surface area (Å²) in [6.07, 6.45) is 1.35. The molecule has 7 nitrogen and oxygen atoms in total. The summed E-state index contributed by atoms with van der Waals surface area (Å²) in [6, 6.07) is 9.31. The third kappa shape index (κ3) is 8.77. The Balaban J connectivity index is 2.25. The van der Waals surface area contributed by atoms with Gasteiger partial charge >= 0.3 is 0 Å². The van der Waals surface area contributed by atoms with Gasteiger partial charge < -0.3 is 10.2 Å². The van der Waals surface area contributed by atoms with Crippen molar-refractivity contribution in [2.45, 2.75) is 53.1 Å². The number of carbonyl (C=O) groups is 2. The van der Waals surface area contributed by atoms with Crippen LogP contribution in [0.5, 0.6) is 0 Å². The SMILES string of the molecule is Cc1c(Cl)cccc1N(CCCC(=O)N(Cc1c(Cl)cccc1Cl)C(C)C(=O)NCC(C)C)S(C)(=O)=O. The van der Waals surface area contributed by atoms with Crippen LogP contribution in [0.2, 0.25) is 15.1 Å². The first-order valence-corrected chi connectivity index (χ1v) is 14.9. The Bertz CT molecular complexity index is 1200. The average Bonchev–Trinajstić information content (AvgIpc) is 2.81. The average molecular weight is 591 g/mol. The van der Waals surface area contributed by atoms with Gasteiger partial charge in [-0.3, -0.25) is 13.9 Å². The van der Waals surface area contributed by atoms with Crippen molar-refractivity contribution in [1.29, 1.82) is 0 Å². The Hall–Kier alpha value is -2.00. The van der Waals surface area contributed by atoms with Crippen LogP contribution in [0.1, 0.15) is 44.7 Å². The summed E-state index contributed by atoms with van der Waals surface area (Å²) < 4.78 is 26.3. The Labute approximate surface area is 235 Å². The fraction of sp³-hybridized carbons (Fsp3) is 0.462. The van der Waals surface area contributed by atoms with E-state index < -0.39 is 16.1 Å². The van der Waals surface area contributed by atoms with Crippen LogP contribution >= 0.6 is 34.8 Å². The quantitative estimate of drug-likeness (QED) is 0.344. The lowest BCUT2D eigenvalue weighted by Crippen LogP contribution is -2.48. The molecule has 0 radical (unpaired) electrons. The zero-order valence-electron chi connectivity index (χ0n) is 21.7. The van der Waals surface area contributed by atoms with Gasteiger partial charge in [0.15, 0.2) is 0 Å². The molecule has 0 heterocycles. The number of nitrogens with one attached hydrogen (secondary N) is 1. The van der Waals surface area contributed by atoms with Gasteiger partial charge in [-0.05, 0) is 56.0 Å². The van der Waals surface area contributed by atoms with Gasteiger partial charge in [-0.25, -0.2) is 8.42 Å². The number of hydrogen-bond donors (Lipinski definition) is 1. The standard InChI is InChI=1S/C26H34Cl3N3O4S/c1-17(2)15-30-26(34)19(4)31(16-20-22(28)10-6-11-23(20)29)25(33)13-8-14-32(37(5,35)36)24-12-7-9-21(27)18(24)3/h6-7,9-12,17,19H,8,13-16H2,1-5H3,(H,30,34). The van der Waals surface area contributed by atoms with E-state index in [-0.39, 0.29) is 43.7 Å². The minimum absolute atomic E-state index is 0.00943. The van der Waals surface area contributed by atoms with Gasteiger partial charge in [0, 0.05) is 46.7 Å². The van der Waals surface area contributed by atoms with E-state index in [0.29, 0.717) is 38.4 Å². The Morgan fingerprint density at radius 3 is 2.11 bits per heavy atom. The van der Waals surface area contributed by atoms with Crippen LogP contribution in [0.15, 0.2) is 36.4 Å². The molecule has 37 heavy (non-hydrogen) atoms. The molecule has 0 bridgehead atoms. The van der Waals surface area contributed by atoms with Crippen LogP contribution in [0.4, 0.5) is 5.69 Å². The molecular formula is C26H34Cl3N3O4S. The van der Waals surface area contributed by atoms with Crippen molar-refractivity contribution >= 4 is 62.3 Å². The third-order valence-corrected chi connectivity index (χ3v) is 8.20. The van der Waals surface area contributed by atoms with Gasteiger partial charge in [-0.1, -0.05) is 60.8 Å². The van der Waals surface area contributed by atoms with Crippen molar-refractivity contribution in [3.05, 3.63) is 62.6 Å². The molecule has 0 aromatic heterocycles. The molecule has 11 heteroatoms. The van der Waals surface area contributed by atoms with Gasteiger partial charge in [-0.15, -0.1) is 0 Å². The zero-order chi connectivity index (χ0) is 27.9. The molecule has 1 unspecified atom stereocenters. The van der Waals surface area contributed by atoms with E-state index in [1.165, 1.54) is 9.21 Å². The number of amides is 2. The maximum atomic E-state index is 13.4. The van der Waals surface area contributed by atoms with E-state index in [0.717, 1.165) is 6.26 Å². The topological polar surface area (TPSA) is 86.8 Å². The molecule has 0 fully saturated rings. The molecule has 0 aliphatic carbocycles. The summed E-state index contributed by atoms with van der Waals surface area (Å²) in [5.74, 6) is -0.368. The van der Waals surface area contributed by atoms with Crippen LogP contribution in [0.25, 0.3) is 0 Å². The minimum Gasteiger partial charge on any atom is -0.354 e. The van der Waals surface area contributed by atoms with E-state index in [2.05, 4.69) is 5.32 Å². The van der Waals surface area contributed by atoms with Gasteiger partial charge in [-0.2, -0.15) is 0 Å². The van der Waals surface area contributed by atoms with Crippen molar-refractivity contribution in [2.24, 2.45) is 5.92 Å². The fourth-order valence-corrected chi connectivity index (χ4v) is 5.44. The van der Waals surface area contributed by atoms with Crippen LogP contribution in [-0.2, 0) is 26.2 Å². The number of rotatable bonds is 12. The Morgan fingerprint density at radius 1 is 0.973 bits per heavy atom. The van der Waals surface area contributed by atoms with Crippen molar-refractivity contribution in [2.75, 3.05) is 23.7 Å². The van der Waals surface area contributed by atoms with E-state index >= 15 is 0 Å². The summed E-state index contributed by atoms with van der Waals surface area (Å²) in [7, 11) is -3.63. The molecule has 2 aromatic carbocycles. The first kappa shape index (κ1) is 31.2. The Morgan fingerprint density at radius 2 is 1.54 bits per heavy atom. The van der Waals surface area contributed by atoms with Gasteiger partial charge in [0.25, 0.3) is 0 Å². The molecule has 204 valence electrons. The minimum atomic E-state index is -3.63. The normalized spacial score (nSPS) is 12.4. The molecule has 2 aromatic rings. The largest absolute Gasteiger partial charge is 0.354 e. The summed E-state index contributed by atoms with van der Waals surface area (Å²) in [5.41, 5.74) is 1.63. The van der Waals surface area contributed by atoms with E-state index in [1.807, 2.05) is 13.8 Å². The van der Waals surface area contributed by atoms with Crippen LogP contribution < -0.4 is 9.62 Å².